The maximum absolute atomic E-state index is 13.2. The Morgan fingerprint density at radius 1 is 1.03 bits per heavy atom. The van der Waals surface area contributed by atoms with Crippen molar-refractivity contribution in [2.75, 3.05) is 32.8 Å². The lowest BCUT2D eigenvalue weighted by Gasteiger charge is -2.34. The van der Waals surface area contributed by atoms with E-state index in [9.17, 15) is 22.8 Å². The third kappa shape index (κ3) is 5.26. The highest BCUT2D eigenvalue weighted by atomic mass is 35.5. The number of pyridine rings is 1. The van der Waals surface area contributed by atoms with Gasteiger partial charge in [-0.25, -0.2) is 9.78 Å². The van der Waals surface area contributed by atoms with Crippen molar-refractivity contribution in [3.05, 3.63) is 64.2 Å². The lowest BCUT2D eigenvalue weighted by molar-refractivity contribution is -0.137. The van der Waals surface area contributed by atoms with E-state index >= 15 is 0 Å². The Balaban J connectivity index is 1.57. The number of benzene rings is 2. The van der Waals surface area contributed by atoms with Crippen LogP contribution in [-0.4, -0.2) is 59.6 Å². The molecule has 0 radical (unpaired) electrons. The number of carbonyl (C=O) groups excluding carboxylic acids is 2. The Morgan fingerprint density at radius 3 is 2.28 bits per heavy atom. The molecular formula is C26H25ClF3N3O3. The van der Waals surface area contributed by atoms with Gasteiger partial charge in [0.1, 0.15) is 0 Å². The van der Waals surface area contributed by atoms with Gasteiger partial charge in [-0.15, -0.1) is 0 Å². The van der Waals surface area contributed by atoms with Crippen LogP contribution < -0.4 is 0 Å². The number of piperazine rings is 1. The Labute approximate surface area is 211 Å². The summed E-state index contributed by atoms with van der Waals surface area (Å²) in [6.45, 7) is 5.54. The maximum Gasteiger partial charge on any atom is 0.416 e. The van der Waals surface area contributed by atoms with E-state index in [1.807, 2.05) is 6.92 Å². The lowest BCUT2D eigenvalue weighted by atomic mass is 10.0. The SMILES string of the molecule is CCCOC(=O)N1CCN(C(=O)c2ccc3c(Cl)c(C)c(-c4ccc(C(F)(F)F)cc4)nc3c2)CC1. The summed E-state index contributed by atoms with van der Waals surface area (Å²) >= 11 is 6.58. The quantitative estimate of drug-likeness (QED) is 0.412. The zero-order chi connectivity index (χ0) is 26.0. The number of ether oxygens (including phenoxy) is 1. The number of halogens is 4. The van der Waals surface area contributed by atoms with Gasteiger partial charge in [-0.2, -0.15) is 13.2 Å². The summed E-state index contributed by atoms with van der Waals surface area (Å²) in [7, 11) is 0. The molecule has 4 rings (SSSR count). The number of carbonyl (C=O) groups is 2. The predicted molar refractivity (Wildman–Crippen MR) is 131 cm³/mol. The highest BCUT2D eigenvalue weighted by molar-refractivity contribution is 6.36. The van der Waals surface area contributed by atoms with Crippen LogP contribution in [0.1, 0.15) is 34.8 Å². The smallest absolute Gasteiger partial charge is 0.416 e. The van der Waals surface area contributed by atoms with Gasteiger partial charge >= 0.3 is 12.3 Å². The Bertz CT molecular complexity index is 1290. The molecule has 0 spiro atoms. The summed E-state index contributed by atoms with van der Waals surface area (Å²) < 4.78 is 44.0. The fourth-order valence-corrected chi connectivity index (χ4v) is 4.36. The topological polar surface area (TPSA) is 62.7 Å². The summed E-state index contributed by atoms with van der Waals surface area (Å²) in [6, 6.07) is 9.77. The third-order valence-electron chi connectivity index (χ3n) is 6.14. The van der Waals surface area contributed by atoms with Gasteiger partial charge in [0.05, 0.1) is 28.4 Å². The number of fused-ring (bicyclic) bond motifs is 1. The molecule has 1 aliphatic heterocycles. The number of alkyl halides is 3. The van der Waals surface area contributed by atoms with Crippen LogP contribution in [0, 0.1) is 6.92 Å². The molecule has 0 atom stereocenters. The van der Waals surface area contributed by atoms with Crippen molar-refractivity contribution >= 4 is 34.5 Å². The summed E-state index contributed by atoms with van der Waals surface area (Å²) in [4.78, 5) is 33.1. The minimum Gasteiger partial charge on any atom is -0.449 e. The fraction of sp³-hybridized carbons (Fsp3) is 0.346. The van der Waals surface area contributed by atoms with E-state index in [4.69, 9.17) is 16.3 Å². The molecule has 10 heteroatoms. The molecule has 1 aliphatic rings. The number of nitrogens with zero attached hydrogens (tertiary/aromatic N) is 3. The highest BCUT2D eigenvalue weighted by Gasteiger charge is 2.30. The van der Waals surface area contributed by atoms with Crippen molar-refractivity contribution in [3.63, 3.8) is 0 Å². The van der Waals surface area contributed by atoms with E-state index in [0.29, 0.717) is 71.1 Å². The van der Waals surface area contributed by atoms with Crippen LogP contribution in [-0.2, 0) is 10.9 Å². The van der Waals surface area contributed by atoms with E-state index in [2.05, 4.69) is 4.98 Å². The summed E-state index contributed by atoms with van der Waals surface area (Å²) in [5.74, 6) is -0.201. The molecule has 2 aromatic carbocycles. The molecule has 36 heavy (non-hydrogen) atoms. The first-order valence-corrected chi connectivity index (χ1v) is 12.0. The summed E-state index contributed by atoms with van der Waals surface area (Å²) in [5.41, 5.74) is 1.71. The second-order valence-electron chi connectivity index (χ2n) is 8.60. The van der Waals surface area contributed by atoms with Crippen molar-refractivity contribution in [2.24, 2.45) is 0 Å². The van der Waals surface area contributed by atoms with Crippen molar-refractivity contribution in [2.45, 2.75) is 26.4 Å². The highest BCUT2D eigenvalue weighted by Crippen LogP contribution is 2.35. The van der Waals surface area contributed by atoms with Crippen LogP contribution in [0.2, 0.25) is 5.02 Å². The average molecular weight is 520 g/mol. The Kier molecular flexibility index (Phi) is 7.40. The van der Waals surface area contributed by atoms with E-state index in [-0.39, 0.29) is 12.0 Å². The van der Waals surface area contributed by atoms with Crippen molar-refractivity contribution in [3.8, 4) is 11.3 Å². The summed E-state index contributed by atoms with van der Waals surface area (Å²) in [6.07, 6.45) is -4.07. The van der Waals surface area contributed by atoms with Crippen molar-refractivity contribution in [1.82, 2.24) is 14.8 Å². The molecule has 0 N–H and O–H groups in total. The second-order valence-corrected chi connectivity index (χ2v) is 8.98. The van der Waals surface area contributed by atoms with E-state index in [1.165, 1.54) is 12.1 Å². The van der Waals surface area contributed by atoms with E-state index < -0.39 is 11.7 Å². The third-order valence-corrected chi connectivity index (χ3v) is 6.63. The normalized spacial score (nSPS) is 14.3. The molecule has 0 bridgehead atoms. The molecule has 0 saturated carbocycles. The van der Waals surface area contributed by atoms with E-state index in [1.54, 1.807) is 34.9 Å². The zero-order valence-electron chi connectivity index (χ0n) is 19.9. The number of rotatable bonds is 4. The minimum absolute atomic E-state index is 0.201. The maximum atomic E-state index is 13.2. The molecular weight excluding hydrogens is 495 g/mol. The number of hydrogen-bond acceptors (Lipinski definition) is 4. The first-order chi connectivity index (χ1) is 17.1. The van der Waals surface area contributed by atoms with E-state index in [0.717, 1.165) is 18.6 Å². The molecule has 190 valence electrons. The van der Waals surface area contributed by atoms with Gasteiger partial charge in [0.15, 0.2) is 0 Å². The van der Waals surface area contributed by atoms with Crippen LogP contribution in [0.5, 0.6) is 0 Å². The van der Waals surface area contributed by atoms with Gasteiger partial charge in [0, 0.05) is 42.7 Å². The zero-order valence-corrected chi connectivity index (χ0v) is 20.6. The molecule has 0 unspecified atom stereocenters. The molecule has 1 saturated heterocycles. The molecule has 1 fully saturated rings. The van der Waals surface area contributed by atoms with Crippen LogP contribution in [0.4, 0.5) is 18.0 Å². The van der Waals surface area contributed by atoms with Crippen LogP contribution in [0.3, 0.4) is 0 Å². The van der Waals surface area contributed by atoms with Crippen LogP contribution in [0.15, 0.2) is 42.5 Å². The van der Waals surface area contributed by atoms with Crippen molar-refractivity contribution < 1.29 is 27.5 Å². The molecule has 2 heterocycles. The molecule has 6 nitrogen and oxygen atoms in total. The molecule has 3 aromatic rings. The monoisotopic (exact) mass is 519 g/mol. The predicted octanol–water partition coefficient (Wildman–Crippen LogP) is 6.19. The standard InChI is InChI=1S/C26H25ClF3N3O3/c1-3-14-36-25(35)33-12-10-32(11-13-33)24(34)18-6-9-20-21(15-18)31-23(16(2)22(20)27)17-4-7-19(8-5-17)26(28,29)30/h4-9,15H,3,10-14H2,1-2H3. The largest absolute Gasteiger partial charge is 0.449 e. The van der Waals surface area contributed by atoms with Crippen LogP contribution >= 0.6 is 11.6 Å². The molecule has 2 amide bonds. The number of aromatic nitrogens is 1. The second kappa shape index (κ2) is 10.3. The lowest BCUT2D eigenvalue weighted by Crippen LogP contribution is -2.50. The van der Waals surface area contributed by atoms with Gasteiger partial charge in [-0.1, -0.05) is 36.7 Å². The van der Waals surface area contributed by atoms with Gasteiger partial charge in [-0.3, -0.25) is 4.79 Å². The Morgan fingerprint density at radius 2 is 1.67 bits per heavy atom. The van der Waals surface area contributed by atoms with Gasteiger partial charge in [0.2, 0.25) is 0 Å². The summed E-state index contributed by atoms with van der Waals surface area (Å²) in [5, 5.41) is 1.07. The molecule has 1 aromatic heterocycles. The average Bonchev–Trinajstić information content (AvgIpc) is 2.88. The molecule has 0 aliphatic carbocycles. The minimum atomic E-state index is -4.43. The van der Waals surface area contributed by atoms with Gasteiger partial charge < -0.3 is 14.5 Å². The first kappa shape index (κ1) is 25.8. The fourth-order valence-electron chi connectivity index (χ4n) is 4.11. The Hall–Kier alpha value is -3.33. The number of hydrogen-bond donors (Lipinski definition) is 0. The van der Waals surface area contributed by atoms with Crippen LogP contribution in [0.25, 0.3) is 22.2 Å². The number of amides is 2. The van der Waals surface area contributed by atoms with Gasteiger partial charge in [-0.05, 0) is 43.2 Å². The van der Waals surface area contributed by atoms with Gasteiger partial charge in [0.25, 0.3) is 5.91 Å². The van der Waals surface area contributed by atoms with Crippen molar-refractivity contribution in [1.29, 1.82) is 0 Å². The first-order valence-electron chi connectivity index (χ1n) is 11.6.